The van der Waals surface area contributed by atoms with Crippen molar-refractivity contribution in [1.82, 2.24) is 15.5 Å². The molecule has 0 bridgehead atoms. The van der Waals surface area contributed by atoms with E-state index < -0.39 is 0 Å². The van der Waals surface area contributed by atoms with Crippen molar-refractivity contribution in [2.24, 2.45) is 10.9 Å². The summed E-state index contributed by atoms with van der Waals surface area (Å²) >= 11 is 0. The molecule has 2 N–H and O–H groups in total. The lowest BCUT2D eigenvalue weighted by Crippen LogP contribution is -2.43. The molecule has 0 aromatic carbocycles. The van der Waals surface area contributed by atoms with E-state index in [9.17, 15) is 0 Å². The molecule has 1 aromatic heterocycles. The van der Waals surface area contributed by atoms with E-state index in [0.29, 0.717) is 5.92 Å². The minimum absolute atomic E-state index is 0.561. The minimum atomic E-state index is 0.561. The Bertz CT molecular complexity index is 492. The molecule has 1 aromatic rings. The number of piperidine rings is 1. The average molecular weight is 348 g/mol. The van der Waals surface area contributed by atoms with Crippen molar-refractivity contribution in [1.29, 1.82) is 0 Å². The Labute approximate surface area is 151 Å². The smallest absolute Gasteiger partial charge is 0.191 e. The van der Waals surface area contributed by atoms with Gasteiger partial charge in [-0.3, -0.25) is 4.99 Å². The van der Waals surface area contributed by atoms with Gasteiger partial charge in [0.25, 0.3) is 0 Å². The molecular weight excluding hydrogens is 316 g/mol. The number of nitrogens with zero attached hydrogens (tertiary/aromatic N) is 2. The maximum absolute atomic E-state index is 5.45. The Balaban J connectivity index is 1.41. The molecule has 140 valence electrons. The van der Waals surface area contributed by atoms with Crippen LogP contribution in [0.3, 0.4) is 0 Å². The van der Waals surface area contributed by atoms with Crippen LogP contribution in [0.1, 0.15) is 31.4 Å². The number of hydrogen-bond donors (Lipinski definition) is 2. The molecule has 3 rings (SSSR count). The number of furan rings is 1. The van der Waals surface area contributed by atoms with Crippen LogP contribution in [0.4, 0.5) is 0 Å². The van der Waals surface area contributed by atoms with Crippen LogP contribution in [-0.4, -0.2) is 63.3 Å². The predicted octanol–water partition coefficient (Wildman–Crippen LogP) is 1.88. The van der Waals surface area contributed by atoms with E-state index in [1.807, 2.05) is 12.1 Å². The Morgan fingerprint density at radius 1 is 1.20 bits per heavy atom. The number of aliphatic imine (C=N–C) groups is 1. The molecule has 1 unspecified atom stereocenters. The van der Waals surface area contributed by atoms with Gasteiger partial charge >= 0.3 is 0 Å². The first kappa shape index (κ1) is 18.3. The zero-order valence-electron chi connectivity index (χ0n) is 15.2. The second kappa shape index (κ2) is 10.5. The van der Waals surface area contributed by atoms with E-state index in [1.54, 1.807) is 6.26 Å². The summed E-state index contributed by atoms with van der Waals surface area (Å²) in [5.41, 5.74) is 0. The largest absolute Gasteiger partial charge is 0.469 e. The van der Waals surface area contributed by atoms with Crippen molar-refractivity contribution in [3.8, 4) is 0 Å². The molecule has 6 nitrogen and oxygen atoms in total. The molecular formula is C19H32N4O2. The van der Waals surface area contributed by atoms with E-state index in [4.69, 9.17) is 14.1 Å². The number of nitrogens with one attached hydrogen (secondary N) is 2. The van der Waals surface area contributed by atoms with Crippen LogP contribution in [0.25, 0.3) is 0 Å². The quantitative estimate of drug-likeness (QED) is 0.555. The van der Waals surface area contributed by atoms with Gasteiger partial charge in [0.05, 0.1) is 12.9 Å². The highest BCUT2D eigenvalue weighted by Gasteiger charge is 2.15. The van der Waals surface area contributed by atoms with Crippen molar-refractivity contribution >= 4 is 5.96 Å². The molecule has 2 fully saturated rings. The van der Waals surface area contributed by atoms with Crippen molar-refractivity contribution in [3.05, 3.63) is 24.2 Å². The summed E-state index contributed by atoms with van der Waals surface area (Å²) in [6, 6.07) is 3.94. The topological polar surface area (TPSA) is 62.0 Å². The van der Waals surface area contributed by atoms with Crippen molar-refractivity contribution < 1.29 is 9.15 Å². The monoisotopic (exact) mass is 348 g/mol. The minimum Gasteiger partial charge on any atom is -0.469 e. The van der Waals surface area contributed by atoms with Gasteiger partial charge in [-0.15, -0.1) is 0 Å². The molecule has 3 heterocycles. The van der Waals surface area contributed by atoms with Crippen LogP contribution in [0.5, 0.6) is 0 Å². The highest BCUT2D eigenvalue weighted by Crippen LogP contribution is 2.12. The summed E-state index contributed by atoms with van der Waals surface area (Å²) in [7, 11) is 0. The van der Waals surface area contributed by atoms with Crippen LogP contribution in [0, 0.1) is 5.92 Å². The Morgan fingerprint density at radius 2 is 2.08 bits per heavy atom. The van der Waals surface area contributed by atoms with Gasteiger partial charge in [-0.2, -0.15) is 0 Å². The normalized spacial score (nSPS) is 22.2. The maximum Gasteiger partial charge on any atom is 0.191 e. The first-order valence-electron chi connectivity index (χ1n) is 9.75. The molecule has 0 aliphatic carbocycles. The molecule has 2 aliphatic heterocycles. The maximum atomic E-state index is 5.45. The van der Waals surface area contributed by atoms with Crippen molar-refractivity contribution in [2.75, 3.05) is 52.5 Å². The third kappa shape index (κ3) is 6.71. The first-order valence-corrected chi connectivity index (χ1v) is 9.75. The molecule has 0 amide bonds. The van der Waals surface area contributed by atoms with Gasteiger partial charge in [0, 0.05) is 45.1 Å². The molecule has 6 heteroatoms. The summed E-state index contributed by atoms with van der Waals surface area (Å²) in [6.07, 6.45) is 7.77. The van der Waals surface area contributed by atoms with E-state index in [0.717, 1.165) is 64.0 Å². The lowest BCUT2D eigenvalue weighted by atomic mass is 10.1. The van der Waals surface area contributed by atoms with E-state index in [2.05, 4.69) is 15.5 Å². The van der Waals surface area contributed by atoms with Gasteiger partial charge in [0.2, 0.25) is 0 Å². The zero-order chi connectivity index (χ0) is 17.2. The van der Waals surface area contributed by atoms with Crippen LogP contribution < -0.4 is 10.6 Å². The van der Waals surface area contributed by atoms with Gasteiger partial charge in [0.1, 0.15) is 5.76 Å². The van der Waals surface area contributed by atoms with Gasteiger partial charge in [0.15, 0.2) is 5.96 Å². The summed E-state index contributed by atoms with van der Waals surface area (Å²) in [6.45, 7) is 7.88. The van der Waals surface area contributed by atoms with Crippen molar-refractivity contribution in [3.63, 3.8) is 0 Å². The highest BCUT2D eigenvalue weighted by atomic mass is 16.5. The van der Waals surface area contributed by atoms with Gasteiger partial charge in [-0.05, 0) is 44.5 Å². The fourth-order valence-corrected chi connectivity index (χ4v) is 3.40. The molecule has 0 radical (unpaired) electrons. The van der Waals surface area contributed by atoms with E-state index >= 15 is 0 Å². The van der Waals surface area contributed by atoms with Crippen LogP contribution in [0.2, 0.25) is 0 Å². The number of ether oxygens (including phenoxy) is 1. The molecule has 0 saturated carbocycles. The molecule has 25 heavy (non-hydrogen) atoms. The lowest BCUT2D eigenvalue weighted by molar-refractivity contribution is 0.187. The third-order valence-electron chi connectivity index (χ3n) is 4.94. The number of rotatable bonds is 8. The van der Waals surface area contributed by atoms with Gasteiger partial charge in [-0.1, -0.05) is 6.42 Å². The SMILES string of the molecule is c1coc(CCNC(=NCC2CCOC2)NCCN2CCCCC2)c1. The Morgan fingerprint density at radius 3 is 2.84 bits per heavy atom. The first-order chi connectivity index (χ1) is 12.4. The molecule has 0 spiro atoms. The molecule has 2 saturated heterocycles. The standard InChI is InChI=1S/C19H32N4O2/c1-2-10-23(11-3-1)12-9-21-19(22-15-17-7-14-24-16-17)20-8-6-18-5-4-13-25-18/h4-5,13,17H,1-3,6-12,14-16H2,(H2,20,21,22). The molecule has 1 atom stereocenters. The molecule has 2 aliphatic rings. The van der Waals surface area contributed by atoms with E-state index in [-0.39, 0.29) is 0 Å². The summed E-state index contributed by atoms with van der Waals surface area (Å²) < 4.78 is 10.8. The average Bonchev–Trinajstić information content (AvgIpc) is 3.34. The van der Waals surface area contributed by atoms with Crippen LogP contribution in [0.15, 0.2) is 27.8 Å². The second-order valence-electron chi connectivity index (χ2n) is 7.00. The van der Waals surface area contributed by atoms with Crippen molar-refractivity contribution in [2.45, 2.75) is 32.1 Å². The third-order valence-corrected chi connectivity index (χ3v) is 4.94. The Hall–Kier alpha value is -1.53. The fraction of sp³-hybridized carbons (Fsp3) is 0.737. The number of guanidine groups is 1. The second-order valence-corrected chi connectivity index (χ2v) is 7.00. The summed E-state index contributed by atoms with van der Waals surface area (Å²) in [5, 5.41) is 6.94. The van der Waals surface area contributed by atoms with E-state index in [1.165, 1.54) is 32.4 Å². The van der Waals surface area contributed by atoms with Crippen LogP contribution in [-0.2, 0) is 11.2 Å². The summed E-state index contributed by atoms with van der Waals surface area (Å²) in [4.78, 5) is 7.32. The fourth-order valence-electron chi connectivity index (χ4n) is 3.40. The number of hydrogen-bond acceptors (Lipinski definition) is 4. The zero-order valence-corrected chi connectivity index (χ0v) is 15.2. The predicted molar refractivity (Wildman–Crippen MR) is 99.9 cm³/mol. The highest BCUT2D eigenvalue weighted by molar-refractivity contribution is 5.79. The number of likely N-dealkylation sites (tertiary alicyclic amines) is 1. The Kier molecular flexibility index (Phi) is 7.64. The van der Waals surface area contributed by atoms with Gasteiger partial charge < -0.3 is 24.7 Å². The van der Waals surface area contributed by atoms with Gasteiger partial charge in [-0.25, -0.2) is 0 Å². The van der Waals surface area contributed by atoms with Crippen LogP contribution >= 0.6 is 0 Å². The lowest BCUT2D eigenvalue weighted by Gasteiger charge is -2.26. The summed E-state index contributed by atoms with van der Waals surface area (Å²) in [5.74, 6) is 2.48.